The maximum Gasteiger partial charge on any atom is 0.335 e. The van der Waals surface area contributed by atoms with Crippen LogP contribution in [0.4, 0.5) is 5.69 Å². The number of aliphatic imine (C=N–C) groups is 1. The van der Waals surface area contributed by atoms with E-state index < -0.39 is 5.97 Å². The number of ether oxygens (including phenoxy) is 1. The molecule has 0 aliphatic rings. The lowest BCUT2D eigenvalue weighted by molar-refractivity contribution is 0.0697. The topological polar surface area (TPSA) is 58.9 Å². The average molecular weight is 285 g/mol. The second kappa shape index (κ2) is 8.64. The Hall–Kier alpha value is -1.49. The van der Waals surface area contributed by atoms with E-state index in [9.17, 15) is 4.79 Å². The summed E-state index contributed by atoms with van der Waals surface area (Å²) in [4.78, 5) is 14.3. The van der Waals surface area contributed by atoms with Gasteiger partial charge in [0.1, 0.15) is 11.4 Å². The van der Waals surface area contributed by atoms with Gasteiger partial charge in [-0.05, 0) is 54.9 Å². The largest absolute Gasteiger partial charge is 0.494 e. The zero-order valence-electron chi connectivity index (χ0n) is 8.67. The van der Waals surface area contributed by atoms with Gasteiger partial charge in [0.25, 0.3) is 0 Å². The van der Waals surface area contributed by atoms with Gasteiger partial charge in [0.15, 0.2) is 0 Å². The minimum Gasteiger partial charge on any atom is -0.494 e. The zero-order valence-corrected chi connectivity index (χ0v) is 11.1. The second-order valence-corrected chi connectivity index (χ2v) is 3.33. The number of carbonyl (C=O) groups is 1. The van der Waals surface area contributed by atoms with Gasteiger partial charge >= 0.3 is 5.97 Å². The molecule has 1 rings (SSSR count). The van der Waals surface area contributed by atoms with Crippen LogP contribution in [0.5, 0.6) is 5.75 Å². The predicted octanol–water partition coefficient (Wildman–Crippen LogP) is 3.15. The molecule has 1 aromatic carbocycles. The number of benzene rings is 1. The second-order valence-electron chi connectivity index (χ2n) is 2.48. The molecule has 7 heteroatoms. The number of carboxylic acids is 1. The van der Waals surface area contributed by atoms with Crippen molar-refractivity contribution in [2.45, 2.75) is 0 Å². The highest BCUT2D eigenvalue weighted by Gasteiger charge is 2.07. The molecule has 0 radical (unpaired) electrons. The number of aromatic carboxylic acids is 1. The Balaban J connectivity index is 0.000000770. The molecule has 0 unspecified atom stereocenters. The summed E-state index contributed by atoms with van der Waals surface area (Å²) in [7, 11) is 1.47. The Kier molecular flexibility index (Phi) is 7.88. The summed E-state index contributed by atoms with van der Waals surface area (Å²) in [5.41, 5.74) is 0.497. The molecule has 1 N–H and O–H groups in total. The Morgan fingerprint density at radius 3 is 2.41 bits per heavy atom. The Labute approximate surface area is 114 Å². The number of methoxy groups -OCH3 is 1. The third-order valence-electron chi connectivity index (χ3n) is 1.59. The van der Waals surface area contributed by atoms with E-state index >= 15 is 0 Å². The summed E-state index contributed by atoms with van der Waals surface area (Å²) in [6.07, 6.45) is 0. The van der Waals surface area contributed by atoms with E-state index in [1.807, 2.05) is 4.31 Å². The number of carboxylic acid groups (broad SMARTS) is 1. The van der Waals surface area contributed by atoms with Crippen LogP contribution in [0.15, 0.2) is 23.2 Å². The number of nitrogens with zero attached hydrogens (tertiary/aromatic N) is 1. The lowest BCUT2D eigenvalue weighted by atomic mass is 10.2. The number of thiocarbonyl (C=S) groups is 3. The molecule has 1 aromatic rings. The number of hydrogen-bond donors (Lipinski definition) is 1. The van der Waals surface area contributed by atoms with Gasteiger partial charge in [0, 0.05) is 4.31 Å². The minimum absolute atomic E-state index is 0.134. The van der Waals surface area contributed by atoms with Crippen molar-refractivity contribution in [2.24, 2.45) is 4.99 Å². The molecule has 0 atom stereocenters. The quantitative estimate of drug-likeness (QED) is 0.680. The normalized spacial score (nSPS) is 7.82. The van der Waals surface area contributed by atoms with Crippen molar-refractivity contribution in [1.29, 1.82) is 0 Å². The molecule has 17 heavy (non-hydrogen) atoms. The molecule has 0 aliphatic carbocycles. The lowest BCUT2D eigenvalue weighted by Crippen LogP contribution is -1.95. The van der Waals surface area contributed by atoms with Gasteiger partial charge in [-0.1, -0.05) is 0 Å². The molecule has 0 aromatic heterocycles. The number of hydrogen-bond acceptors (Lipinski definition) is 6. The summed E-state index contributed by atoms with van der Waals surface area (Å²) < 4.78 is 6.88. The molecule has 88 valence electrons. The van der Waals surface area contributed by atoms with Gasteiger partial charge in [0.2, 0.25) is 0 Å². The third-order valence-corrected chi connectivity index (χ3v) is 1.68. The van der Waals surface area contributed by atoms with Crippen LogP contribution >= 0.6 is 36.7 Å². The highest BCUT2D eigenvalue weighted by Crippen LogP contribution is 2.27. The molecule has 0 saturated heterocycles. The van der Waals surface area contributed by atoms with Crippen LogP contribution in [0, 0.1) is 0 Å². The van der Waals surface area contributed by atoms with Gasteiger partial charge in [-0.15, -0.1) is 0 Å². The Morgan fingerprint density at radius 1 is 1.41 bits per heavy atom. The van der Waals surface area contributed by atoms with Crippen molar-refractivity contribution in [3.05, 3.63) is 23.8 Å². The maximum atomic E-state index is 10.6. The van der Waals surface area contributed by atoms with E-state index in [0.29, 0.717) is 11.4 Å². The summed E-state index contributed by atoms with van der Waals surface area (Å²) in [6.45, 7) is 0. The van der Waals surface area contributed by atoms with Crippen LogP contribution in [0.3, 0.4) is 0 Å². The SMILES string of the molecule is COc1ccc(C(=O)O)cc1N=C=S.S=C=S. The minimum atomic E-state index is -1.02. The van der Waals surface area contributed by atoms with Crippen LogP contribution in [-0.2, 0) is 0 Å². The summed E-state index contributed by atoms with van der Waals surface area (Å²) in [6, 6.07) is 4.33. The fourth-order valence-corrected chi connectivity index (χ4v) is 1.06. The average Bonchev–Trinajstić information content (AvgIpc) is 2.30. The fraction of sp³-hybridized carbons (Fsp3) is 0.100. The predicted molar refractivity (Wildman–Crippen MR) is 74.8 cm³/mol. The van der Waals surface area contributed by atoms with Crippen molar-refractivity contribution >= 4 is 57.8 Å². The van der Waals surface area contributed by atoms with Gasteiger partial charge in [-0.2, -0.15) is 4.99 Å². The van der Waals surface area contributed by atoms with E-state index in [2.05, 4.69) is 46.8 Å². The van der Waals surface area contributed by atoms with Crippen LogP contribution in [0.2, 0.25) is 0 Å². The molecular weight excluding hydrogens is 278 g/mol. The first-order valence-electron chi connectivity index (χ1n) is 4.09. The molecule has 0 bridgehead atoms. The number of rotatable bonds is 3. The standard InChI is InChI=1S/C9H7NO3S.CS2/c1-13-8-3-2-6(9(11)12)4-7(8)10-5-14;2-1-3/h2-4H,1H3,(H,11,12);. The molecule has 4 nitrogen and oxygen atoms in total. The van der Waals surface area contributed by atoms with E-state index in [1.54, 1.807) is 0 Å². The van der Waals surface area contributed by atoms with Crippen molar-refractivity contribution in [1.82, 2.24) is 0 Å². The van der Waals surface area contributed by atoms with Gasteiger partial charge < -0.3 is 9.84 Å². The van der Waals surface area contributed by atoms with E-state index in [4.69, 9.17) is 9.84 Å². The first-order valence-corrected chi connectivity index (χ1v) is 5.31. The highest BCUT2D eigenvalue weighted by atomic mass is 32.1. The molecule has 0 fully saturated rings. The van der Waals surface area contributed by atoms with Crippen LogP contribution in [0.25, 0.3) is 0 Å². The van der Waals surface area contributed by atoms with Crippen molar-refractivity contribution in [3.63, 3.8) is 0 Å². The van der Waals surface area contributed by atoms with Crippen molar-refractivity contribution < 1.29 is 14.6 Å². The number of isothiocyanates is 1. The van der Waals surface area contributed by atoms with Gasteiger partial charge in [-0.3, -0.25) is 0 Å². The van der Waals surface area contributed by atoms with E-state index in [0.717, 1.165) is 0 Å². The molecule has 0 heterocycles. The molecule has 0 amide bonds. The van der Waals surface area contributed by atoms with Crippen LogP contribution in [-0.4, -0.2) is 27.7 Å². The van der Waals surface area contributed by atoms with Crippen molar-refractivity contribution in [2.75, 3.05) is 7.11 Å². The van der Waals surface area contributed by atoms with Crippen molar-refractivity contribution in [3.8, 4) is 5.75 Å². The molecule has 0 aliphatic heterocycles. The maximum absolute atomic E-state index is 10.6. The summed E-state index contributed by atoms with van der Waals surface area (Å²) >= 11 is 12.3. The molecule has 0 spiro atoms. The smallest absolute Gasteiger partial charge is 0.335 e. The first-order chi connectivity index (χ1) is 8.10. The van der Waals surface area contributed by atoms with Crippen LogP contribution in [0.1, 0.15) is 10.4 Å². The highest BCUT2D eigenvalue weighted by molar-refractivity contribution is 7.93. The Morgan fingerprint density at radius 2 is 2.00 bits per heavy atom. The van der Waals surface area contributed by atoms with E-state index in [1.165, 1.54) is 25.3 Å². The third kappa shape index (κ3) is 5.40. The monoisotopic (exact) mass is 285 g/mol. The summed E-state index contributed by atoms with van der Waals surface area (Å²) in [5.74, 6) is -0.555. The van der Waals surface area contributed by atoms with Gasteiger partial charge in [-0.25, -0.2) is 4.79 Å². The van der Waals surface area contributed by atoms with Gasteiger partial charge in [0.05, 0.1) is 17.8 Å². The Bertz CT molecular complexity index is 490. The summed E-state index contributed by atoms with van der Waals surface area (Å²) in [5, 5.41) is 10.9. The molecule has 0 saturated carbocycles. The first kappa shape index (κ1) is 15.5. The lowest BCUT2D eigenvalue weighted by Gasteiger charge is -2.03. The van der Waals surface area contributed by atoms with E-state index in [-0.39, 0.29) is 5.56 Å². The zero-order chi connectivity index (χ0) is 13.3. The van der Waals surface area contributed by atoms with Crippen LogP contribution < -0.4 is 4.74 Å². The molecular formula is C10H7NO3S3. The fourth-order valence-electron chi connectivity index (χ4n) is 0.960.